The topological polar surface area (TPSA) is 108 Å². The van der Waals surface area contributed by atoms with E-state index in [1.807, 2.05) is 31.2 Å². The molecule has 8 nitrogen and oxygen atoms in total. The molecule has 35 heavy (non-hydrogen) atoms. The van der Waals surface area contributed by atoms with Gasteiger partial charge in [0.05, 0.1) is 17.7 Å². The minimum absolute atomic E-state index is 0.0401. The maximum Gasteiger partial charge on any atom is 0.234 e. The Morgan fingerprint density at radius 3 is 2.46 bits per heavy atom. The molecule has 1 fully saturated rings. The number of hydrogen-bond acceptors (Lipinski definition) is 8. The van der Waals surface area contributed by atoms with E-state index in [9.17, 15) is 15.3 Å². The Labute approximate surface area is 212 Å². The van der Waals surface area contributed by atoms with Crippen LogP contribution in [0.3, 0.4) is 0 Å². The van der Waals surface area contributed by atoms with Gasteiger partial charge in [0.2, 0.25) is 5.91 Å². The zero-order valence-corrected chi connectivity index (χ0v) is 21.5. The molecule has 1 aromatic carbocycles. The summed E-state index contributed by atoms with van der Waals surface area (Å²) in [7, 11) is 3.85. The molecular formula is C26H33N7OS. The lowest BCUT2D eigenvalue weighted by atomic mass is 10.0. The number of benzene rings is 1. The van der Waals surface area contributed by atoms with E-state index in [1.54, 1.807) is 7.05 Å². The van der Waals surface area contributed by atoms with E-state index in [2.05, 4.69) is 39.6 Å². The standard InChI is InChI=1S/C26H33N7OS/c1-4-21-22(14-27)25(33-11-5-10-32(3)12-13-33)31-26(23(21)15-28)35-18-20-8-6-19(7-9-20)16-30-24(34)17-29-2/h6-9,29H,4-5,10-13,16-18H2,1-3H3,(H,30,34). The summed E-state index contributed by atoms with van der Waals surface area (Å²) >= 11 is 1.53. The molecule has 2 heterocycles. The third-order valence-electron chi connectivity index (χ3n) is 6.07. The predicted molar refractivity (Wildman–Crippen MR) is 139 cm³/mol. The van der Waals surface area contributed by atoms with Gasteiger partial charge in [0.25, 0.3) is 0 Å². The SMILES string of the molecule is CCc1c(C#N)c(SCc2ccc(CNC(=O)CNC)cc2)nc(N2CCCN(C)CC2)c1C#N. The Hall–Kier alpha value is -3.11. The molecule has 0 unspecified atom stereocenters. The van der Waals surface area contributed by atoms with Crippen LogP contribution in [0, 0.1) is 22.7 Å². The van der Waals surface area contributed by atoms with Gasteiger partial charge in [-0.1, -0.05) is 31.2 Å². The summed E-state index contributed by atoms with van der Waals surface area (Å²) in [6.45, 7) is 6.35. The van der Waals surface area contributed by atoms with Crippen molar-refractivity contribution in [3.63, 3.8) is 0 Å². The van der Waals surface area contributed by atoms with Crippen LogP contribution in [-0.4, -0.2) is 62.6 Å². The highest BCUT2D eigenvalue weighted by Gasteiger charge is 2.24. The van der Waals surface area contributed by atoms with Crippen molar-refractivity contribution in [1.29, 1.82) is 10.5 Å². The second kappa shape index (κ2) is 13.1. The maximum atomic E-state index is 11.6. The van der Waals surface area contributed by atoms with Crippen molar-refractivity contribution in [3.8, 4) is 12.1 Å². The van der Waals surface area contributed by atoms with Crippen LogP contribution in [0.5, 0.6) is 0 Å². The van der Waals surface area contributed by atoms with Gasteiger partial charge in [-0.15, -0.1) is 11.8 Å². The second-order valence-electron chi connectivity index (χ2n) is 8.60. The van der Waals surface area contributed by atoms with Crippen LogP contribution in [-0.2, 0) is 23.5 Å². The van der Waals surface area contributed by atoms with E-state index in [-0.39, 0.29) is 5.91 Å². The zero-order chi connectivity index (χ0) is 25.2. The average Bonchev–Trinajstić information content (AvgIpc) is 3.10. The number of likely N-dealkylation sites (N-methyl/N-ethyl adjacent to an activating group) is 2. The first-order chi connectivity index (χ1) is 17.0. The number of nitrogens with zero attached hydrogens (tertiary/aromatic N) is 5. The fourth-order valence-electron chi connectivity index (χ4n) is 4.10. The van der Waals surface area contributed by atoms with Crippen molar-refractivity contribution in [2.45, 2.75) is 37.1 Å². The lowest BCUT2D eigenvalue weighted by Crippen LogP contribution is -2.31. The summed E-state index contributed by atoms with van der Waals surface area (Å²) in [6, 6.07) is 12.7. The second-order valence-corrected chi connectivity index (χ2v) is 9.57. The van der Waals surface area contributed by atoms with Gasteiger partial charge in [0.15, 0.2) is 0 Å². The molecular weight excluding hydrogens is 458 g/mol. The number of hydrogen-bond donors (Lipinski definition) is 2. The first kappa shape index (κ1) is 26.5. The smallest absolute Gasteiger partial charge is 0.234 e. The third kappa shape index (κ3) is 6.95. The van der Waals surface area contributed by atoms with Crippen LogP contribution >= 0.6 is 11.8 Å². The molecule has 0 spiro atoms. The largest absolute Gasteiger partial charge is 0.354 e. The first-order valence-corrected chi connectivity index (χ1v) is 12.9. The van der Waals surface area contributed by atoms with Crippen LogP contribution in [0.25, 0.3) is 0 Å². The molecule has 0 radical (unpaired) electrons. The first-order valence-electron chi connectivity index (χ1n) is 11.9. The van der Waals surface area contributed by atoms with Gasteiger partial charge in [-0.2, -0.15) is 10.5 Å². The van der Waals surface area contributed by atoms with Gasteiger partial charge in [0.1, 0.15) is 23.0 Å². The fraction of sp³-hybridized carbons (Fsp3) is 0.462. The molecule has 2 N–H and O–H groups in total. The predicted octanol–water partition coefficient (Wildman–Crippen LogP) is 2.66. The minimum Gasteiger partial charge on any atom is -0.354 e. The molecule has 1 saturated heterocycles. The maximum absolute atomic E-state index is 11.6. The summed E-state index contributed by atoms with van der Waals surface area (Å²) in [5.74, 6) is 1.32. The highest BCUT2D eigenvalue weighted by atomic mass is 32.2. The van der Waals surface area contributed by atoms with E-state index >= 15 is 0 Å². The van der Waals surface area contributed by atoms with Crippen LogP contribution < -0.4 is 15.5 Å². The highest BCUT2D eigenvalue weighted by Crippen LogP contribution is 2.33. The molecule has 0 bridgehead atoms. The van der Waals surface area contributed by atoms with Crippen LogP contribution in [0.2, 0.25) is 0 Å². The van der Waals surface area contributed by atoms with Crippen LogP contribution in [0.4, 0.5) is 5.82 Å². The minimum atomic E-state index is -0.0401. The van der Waals surface area contributed by atoms with Crippen molar-refractivity contribution in [2.24, 2.45) is 0 Å². The number of nitriles is 2. The number of carbonyl (C=O) groups is 1. The number of nitrogens with one attached hydrogen (secondary N) is 2. The van der Waals surface area contributed by atoms with E-state index in [4.69, 9.17) is 4.98 Å². The molecule has 3 rings (SSSR count). The third-order valence-corrected chi connectivity index (χ3v) is 7.12. The average molecular weight is 492 g/mol. The lowest BCUT2D eigenvalue weighted by Gasteiger charge is -2.25. The fourth-order valence-corrected chi connectivity index (χ4v) is 5.06. The van der Waals surface area contributed by atoms with E-state index in [0.29, 0.717) is 47.2 Å². The van der Waals surface area contributed by atoms with Crippen LogP contribution in [0.15, 0.2) is 29.3 Å². The number of rotatable bonds is 9. The summed E-state index contributed by atoms with van der Waals surface area (Å²) in [5, 5.41) is 26.3. The molecule has 184 valence electrons. The molecule has 0 atom stereocenters. The summed E-state index contributed by atoms with van der Waals surface area (Å²) in [6.07, 6.45) is 1.62. The van der Waals surface area contributed by atoms with E-state index in [0.717, 1.165) is 49.3 Å². The number of amides is 1. The molecule has 0 saturated carbocycles. The van der Waals surface area contributed by atoms with Gasteiger partial charge in [-0.3, -0.25) is 4.79 Å². The van der Waals surface area contributed by atoms with Gasteiger partial charge in [0, 0.05) is 31.9 Å². The van der Waals surface area contributed by atoms with Gasteiger partial charge in [-0.05, 0) is 50.2 Å². The molecule has 1 aromatic heterocycles. The number of pyridine rings is 1. The lowest BCUT2D eigenvalue weighted by molar-refractivity contribution is -0.120. The normalized spacial score (nSPS) is 14.1. The van der Waals surface area contributed by atoms with Crippen LogP contribution in [0.1, 0.15) is 41.2 Å². The summed E-state index contributed by atoms with van der Waals surface area (Å²) < 4.78 is 0. The Bertz CT molecular complexity index is 1100. The quantitative estimate of drug-likeness (QED) is 0.516. The van der Waals surface area contributed by atoms with Gasteiger partial charge >= 0.3 is 0 Å². The van der Waals surface area contributed by atoms with E-state index < -0.39 is 0 Å². The summed E-state index contributed by atoms with van der Waals surface area (Å²) in [4.78, 5) is 21.0. The molecule has 1 aliphatic heterocycles. The van der Waals surface area contributed by atoms with Crippen molar-refractivity contribution >= 4 is 23.5 Å². The summed E-state index contributed by atoms with van der Waals surface area (Å²) in [5.41, 5.74) is 3.95. The number of carbonyl (C=O) groups excluding carboxylic acids is 1. The van der Waals surface area contributed by atoms with Crippen molar-refractivity contribution in [3.05, 3.63) is 52.1 Å². The van der Waals surface area contributed by atoms with Gasteiger partial charge < -0.3 is 20.4 Å². The molecule has 1 amide bonds. The molecule has 1 aliphatic rings. The van der Waals surface area contributed by atoms with Gasteiger partial charge in [-0.25, -0.2) is 4.98 Å². The Kier molecular flexibility index (Phi) is 9.92. The zero-order valence-electron chi connectivity index (χ0n) is 20.7. The van der Waals surface area contributed by atoms with E-state index in [1.165, 1.54) is 11.8 Å². The molecule has 9 heteroatoms. The number of anilines is 1. The van der Waals surface area contributed by atoms with Crippen molar-refractivity contribution in [1.82, 2.24) is 20.5 Å². The van der Waals surface area contributed by atoms with Crippen molar-refractivity contribution < 1.29 is 4.79 Å². The Balaban J connectivity index is 1.80. The molecule has 0 aliphatic carbocycles. The number of aromatic nitrogens is 1. The monoisotopic (exact) mass is 491 g/mol. The molecule has 2 aromatic rings. The number of thioether (sulfide) groups is 1. The van der Waals surface area contributed by atoms with Crippen molar-refractivity contribution in [2.75, 3.05) is 51.7 Å². The Morgan fingerprint density at radius 1 is 1.09 bits per heavy atom. The Morgan fingerprint density at radius 2 is 1.80 bits per heavy atom. The highest BCUT2D eigenvalue weighted by molar-refractivity contribution is 7.98.